The van der Waals surface area contributed by atoms with E-state index in [1.54, 1.807) is 0 Å². The second-order valence-electron chi connectivity index (χ2n) is 4.65. The van der Waals surface area contributed by atoms with Crippen LogP contribution in [-0.4, -0.2) is 6.04 Å². The SMILES string of the molecule is NNC(Cc1cccc(Cl)c1)C1CCCC1. The van der Waals surface area contributed by atoms with Crippen molar-refractivity contribution in [1.82, 2.24) is 5.43 Å². The van der Waals surface area contributed by atoms with Crippen LogP contribution in [0.25, 0.3) is 0 Å². The molecule has 3 N–H and O–H groups in total. The molecule has 0 aliphatic heterocycles. The summed E-state index contributed by atoms with van der Waals surface area (Å²) in [5, 5.41) is 0.805. The first kappa shape index (κ1) is 11.9. The van der Waals surface area contributed by atoms with E-state index in [1.807, 2.05) is 18.2 Å². The molecule has 0 bridgehead atoms. The zero-order valence-corrected chi connectivity index (χ0v) is 10.2. The van der Waals surface area contributed by atoms with Gasteiger partial charge in [0.15, 0.2) is 0 Å². The van der Waals surface area contributed by atoms with Gasteiger partial charge >= 0.3 is 0 Å². The van der Waals surface area contributed by atoms with E-state index in [0.29, 0.717) is 6.04 Å². The van der Waals surface area contributed by atoms with Gasteiger partial charge in [-0.25, -0.2) is 0 Å². The Morgan fingerprint density at radius 3 is 2.75 bits per heavy atom. The maximum absolute atomic E-state index is 5.98. The molecule has 3 heteroatoms. The molecule has 0 saturated heterocycles. The summed E-state index contributed by atoms with van der Waals surface area (Å²) in [4.78, 5) is 0. The lowest BCUT2D eigenvalue weighted by atomic mass is 9.93. The Bertz CT molecular complexity index is 334. The van der Waals surface area contributed by atoms with Gasteiger partial charge in [0.05, 0.1) is 0 Å². The molecule has 1 atom stereocenters. The van der Waals surface area contributed by atoms with Crippen molar-refractivity contribution in [3.05, 3.63) is 34.9 Å². The fourth-order valence-corrected chi connectivity index (χ4v) is 2.85. The predicted octanol–water partition coefficient (Wildman–Crippen LogP) is 2.90. The number of hydrogen-bond acceptors (Lipinski definition) is 2. The quantitative estimate of drug-likeness (QED) is 0.625. The molecule has 1 saturated carbocycles. The highest BCUT2D eigenvalue weighted by Crippen LogP contribution is 2.29. The average Bonchev–Trinajstić information content (AvgIpc) is 2.79. The minimum Gasteiger partial charge on any atom is -0.271 e. The van der Waals surface area contributed by atoms with Crippen molar-refractivity contribution in [2.24, 2.45) is 11.8 Å². The van der Waals surface area contributed by atoms with Crippen LogP contribution >= 0.6 is 11.6 Å². The molecule has 1 aliphatic rings. The summed E-state index contributed by atoms with van der Waals surface area (Å²) >= 11 is 5.98. The van der Waals surface area contributed by atoms with E-state index in [2.05, 4.69) is 11.5 Å². The van der Waals surface area contributed by atoms with Crippen LogP contribution in [0.3, 0.4) is 0 Å². The Balaban J connectivity index is 2.00. The molecule has 0 heterocycles. The highest BCUT2D eigenvalue weighted by molar-refractivity contribution is 6.30. The number of hydrogen-bond donors (Lipinski definition) is 2. The van der Waals surface area contributed by atoms with Crippen LogP contribution in [-0.2, 0) is 6.42 Å². The van der Waals surface area contributed by atoms with Crippen molar-refractivity contribution >= 4 is 11.6 Å². The van der Waals surface area contributed by atoms with Crippen molar-refractivity contribution in [3.8, 4) is 0 Å². The summed E-state index contributed by atoms with van der Waals surface area (Å²) in [6.07, 6.45) is 6.27. The van der Waals surface area contributed by atoms with Crippen LogP contribution < -0.4 is 11.3 Å². The highest BCUT2D eigenvalue weighted by Gasteiger charge is 2.24. The van der Waals surface area contributed by atoms with Gasteiger partial charge in [0.2, 0.25) is 0 Å². The largest absolute Gasteiger partial charge is 0.271 e. The first-order valence-electron chi connectivity index (χ1n) is 6.00. The number of halogens is 1. The number of hydrazine groups is 1. The molecule has 1 aromatic carbocycles. The van der Waals surface area contributed by atoms with Gasteiger partial charge < -0.3 is 0 Å². The monoisotopic (exact) mass is 238 g/mol. The number of nitrogens with one attached hydrogen (secondary N) is 1. The zero-order valence-electron chi connectivity index (χ0n) is 9.45. The predicted molar refractivity (Wildman–Crippen MR) is 68.2 cm³/mol. The lowest BCUT2D eigenvalue weighted by Crippen LogP contribution is -2.41. The van der Waals surface area contributed by atoms with Crippen molar-refractivity contribution in [2.75, 3.05) is 0 Å². The Kier molecular flexibility index (Phi) is 4.22. The third-order valence-electron chi connectivity index (χ3n) is 3.53. The summed E-state index contributed by atoms with van der Waals surface area (Å²) in [5.41, 5.74) is 4.23. The van der Waals surface area contributed by atoms with Crippen LogP contribution in [0, 0.1) is 5.92 Å². The van der Waals surface area contributed by atoms with E-state index >= 15 is 0 Å². The van der Waals surface area contributed by atoms with Crippen LogP contribution in [0.5, 0.6) is 0 Å². The number of rotatable bonds is 4. The van der Waals surface area contributed by atoms with Crippen LogP contribution in [0.2, 0.25) is 5.02 Å². The van der Waals surface area contributed by atoms with Gasteiger partial charge in [-0.15, -0.1) is 0 Å². The summed E-state index contributed by atoms with van der Waals surface area (Å²) in [6.45, 7) is 0. The normalized spacial score (nSPS) is 18.9. The Hall–Kier alpha value is -0.570. The lowest BCUT2D eigenvalue weighted by molar-refractivity contribution is 0.361. The van der Waals surface area contributed by atoms with Gasteiger partial charge in [0, 0.05) is 11.1 Å². The first-order valence-corrected chi connectivity index (χ1v) is 6.38. The molecule has 0 amide bonds. The molecule has 0 radical (unpaired) electrons. The minimum atomic E-state index is 0.390. The molecule has 0 spiro atoms. The Labute approximate surface area is 102 Å². The molecule has 2 rings (SSSR count). The van der Waals surface area contributed by atoms with E-state index in [-0.39, 0.29) is 0 Å². The minimum absolute atomic E-state index is 0.390. The third-order valence-corrected chi connectivity index (χ3v) is 3.76. The van der Waals surface area contributed by atoms with Crippen LogP contribution in [0.4, 0.5) is 0 Å². The van der Waals surface area contributed by atoms with Gasteiger partial charge in [-0.3, -0.25) is 11.3 Å². The fraction of sp³-hybridized carbons (Fsp3) is 0.538. The van der Waals surface area contributed by atoms with Crippen molar-refractivity contribution in [1.29, 1.82) is 0 Å². The highest BCUT2D eigenvalue weighted by atomic mass is 35.5. The molecule has 1 unspecified atom stereocenters. The smallest absolute Gasteiger partial charge is 0.0408 e. The van der Waals surface area contributed by atoms with Crippen molar-refractivity contribution in [3.63, 3.8) is 0 Å². The number of benzene rings is 1. The maximum Gasteiger partial charge on any atom is 0.0408 e. The van der Waals surface area contributed by atoms with Crippen LogP contribution in [0.1, 0.15) is 31.2 Å². The molecule has 1 fully saturated rings. The summed E-state index contributed by atoms with van der Waals surface area (Å²) in [5.74, 6) is 6.38. The van der Waals surface area contributed by atoms with Gasteiger partial charge in [0.1, 0.15) is 0 Å². The summed E-state index contributed by atoms with van der Waals surface area (Å²) < 4.78 is 0. The van der Waals surface area contributed by atoms with E-state index < -0.39 is 0 Å². The van der Waals surface area contributed by atoms with Gasteiger partial charge in [-0.1, -0.05) is 36.6 Å². The standard InChI is InChI=1S/C13H19ClN2/c14-12-7-3-4-10(8-12)9-13(16-15)11-5-1-2-6-11/h3-4,7-8,11,13,16H,1-2,5-6,9,15H2. The van der Waals surface area contributed by atoms with E-state index in [4.69, 9.17) is 17.4 Å². The van der Waals surface area contributed by atoms with E-state index in [9.17, 15) is 0 Å². The molecular weight excluding hydrogens is 220 g/mol. The van der Waals surface area contributed by atoms with Crippen molar-refractivity contribution in [2.45, 2.75) is 38.1 Å². The Morgan fingerprint density at radius 1 is 1.38 bits per heavy atom. The summed E-state index contributed by atoms with van der Waals surface area (Å²) in [6, 6.07) is 8.44. The lowest BCUT2D eigenvalue weighted by Gasteiger charge is -2.22. The molecule has 16 heavy (non-hydrogen) atoms. The van der Waals surface area contributed by atoms with Gasteiger partial charge in [-0.05, 0) is 42.9 Å². The zero-order chi connectivity index (χ0) is 11.4. The topological polar surface area (TPSA) is 38.0 Å². The summed E-state index contributed by atoms with van der Waals surface area (Å²) in [7, 11) is 0. The molecule has 0 aromatic heterocycles. The molecule has 88 valence electrons. The molecule has 2 nitrogen and oxygen atoms in total. The van der Waals surface area contributed by atoms with Gasteiger partial charge in [0.25, 0.3) is 0 Å². The van der Waals surface area contributed by atoms with Crippen molar-refractivity contribution < 1.29 is 0 Å². The molecular formula is C13H19ClN2. The Morgan fingerprint density at radius 2 is 2.12 bits per heavy atom. The average molecular weight is 239 g/mol. The second kappa shape index (κ2) is 5.67. The fourth-order valence-electron chi connectivity index (χ4n) is 2.64. The van der Waals surface area contributed by atoms with Gasteiger partial charge in [-0.2, -0.15) is 0 Å². The van der Waals surface area contributed by atoms with Crippen LogP contribution in [0.15, 0.2) is 24.3 Å². The second-order valence-corrected chi connectivity index (χ2v) is 5.09. The van der Waals surface area contributed by atoms with E-state index in [1.165, 1.54) is 31.2 Å². The first-order chi connectivity index (χ1) is 7.79. The van der Waals surface area contributed by atoms with E-state index in [0.717, 1.165) is 17.4 Å². The molecule has 1 aromatic rings. The number of nitrogens with two attached hydrogens (primary N) is 1. The third kappa shape index (κ3) is 2.97. The maximum atomic E-state index is 5.98. The molecule has 1 aliphatic carbocycles.